The van der Waals surface area contributed by atoms with Crippen molar-refractivity contribution in [2.75, 3.05) is 32.8 Å². The average Bonchev–Trinajstić information content (AvgIpc) is 3.22. The molecule has 0 radical (unpaired) electrons. The number of ether oxygens (including phenoxy) is 1. The molecule has 2 saturated heterocycles. The molecule has 2 atom stereocenters. The van der Waals surface area contributed by atoms with Crippen LogP contribution in [0.4, 0.5) is 0 Å². The Morgan fingerprint density at radius 2 is 2.29 bits per heavy atom. The molecule has 2 aliphatic rings. The number of aromatic amines is 1. The molecular weight excluding hydrogens is 312 g/mol. The largest absolute Gasteiger partial charge is 0.381 e. The number of amides is 2. The second-order valence-electron chi connectivity index (χ2n) is 6.43. The van der Waals surface area contributed by atoms with E-state index in [1.165, 1.54) is 6.07 Å². The van der Waals surface area contributed by atoms with Crippen LogP contribution in [-0.4, -0.2) is 59.5 Å². The fraction of sp³-hybridized carbons (Fsp3) is 0.625. The predicted molar refractivity (Wildman–Crippen MR) is 85.5 cm³/mol. The fourth-order valence-electron chi connectivity index (χ4n) is 3.21. The van der Waals surface area contributed by atoms with Crippen LogP contribution in [0, 0.1) is 18.8 Å². The summed E-state index contributed by atoms with van der Waals surface area (Å²) in [6.45, 7) is 4.65. The van der Waals surface area contributed by atoms with Gasteiger partial charge in [-0.05, 0) is 25.7 Å². The first-order chi connectivity index (χ1) is 11.5. The summed E-state index contributed by atoms with van der Waals surface area (Å²) in [6, 6.07) is 1.19. The highest BCUT2D eigenvalue weighted by Gasteiger charge is 2.32. The van der Waals surface area contributed by atoms with Gasteiger partial charge in [0.1, 0.15) is 11.5 Å². The molecule has 24 heavy (non-hydrogen) atoms. The molecule has 0 bridgehead atoms. The number of carbonyl (C=O) groups is 2. The van der Waals surface area contributed by atoms with E-state index < -0.39 is 0 Å². The number of carbonyl (C=O) groups excluding carboxylic acids is 2. The standard InChI is InChI=1S/C16H22N4O4/c1-10-18-13(6-14(21)19-10)15(22)17-7-11-2-4-20(8-11)16(23)12-3-5-24-9-12/h6,11-12H,2-5,7-9H2,1H3,(H,17,22)(H,18,19,21)/t11-,12-/m1/s1. The molecule has 3 rings (SSSR count). The summed E-state index contributed by atoms with van der Waals surface area (Å²) < 4.78 is 5.27. The normalized spacial score (nSPS) is 23.5. The molecule has 0 unspecified atom stereocenters. The molecule has 2 aliphatic heterocycles. The lowest BCUT2D eigenvalue weighted by Gasteiger charge is -2.19. The lowest BCUT2D eigenvalue weighted by molar-refractivity contribution is -0.134. The van der Waals surface area contributed by atoms with Crippen LogP contribution >= 0.6 is 0 Å². The van der Waals surface area contributed by atoms with E-state index in [1.807, 2.05) is 4.90 Å². The van der Waals surface area contributed by atoms with Crippen LogP contribution in [0.2, 0.25) is 0 Å². The Labute approximate surface area is 139 Å². The minimum Gasteiger partial charge on any atom is -0.381 e. The molecule has 0 saturated carbocycles. The van der Waals surface area contributed by atoms with Crippen molar-refractivity contribution in [3.05, 3.63) is 27.9 Å². The van der Waals surface area contributed by atoms with Crippen molar-refractivity contribution in [3.8, 4) is 0 Å². The van der Waals surface area contributed by atoms with Gasteiger partial charge in [-0.3, -0.25) is 14.4 Å². The minimum atomic E-state index is -0.363. The number of hydrogen-bond donors (Lipinski definition) is 2. The van der Waals surface area contributed by atoms with Gasteiger partial charge in [0.05, 0.1) is 12.5 Å². The Kier molecular flexibility index (Phi) is 4.94. The number of aromatic nitrogens is 2. The zero-order valence-electron chi connectivity index (χ0n) is 13.7. The van der Waals surface area contributed by atoms with Crippen molar-refractivity contribution in [3.63, 3.8) is 0 Å². The molecule has 0 aliphatic carbocycles. The van der Waals surface area contributed by atoms with Crippen molar-refractivity contribution in [2.24, 2.45) is 11.8 Å². The molecule has 1 aromatic rings. The molecule has 8 nitrogen and oxygen atoms in total. The zero-order valence-corrected chi connectivity index (χ0v) is 13.7. The summed E-state index contributed by atoms with van der Waals surface area (Å²) >= 11 is 0. The van der Waals surface area contributed by atoms with Gasteiger partial charge in [-0.2, -0.15) is 0 Å². The maximum absolute atomic E-state index is 12.3. The maximum Gasteiger partial charge on any atom is 0.270 e. The Bertz CT molecular complexity index is 681. The second kappa shape index (κ2) is 7.12. The van der Waals surface area contributed by atoms with Crippen LogP contribution in [-0.2, 0) is 9.53 Å². The van der Waals surface area contributed by atoms with Crippen molar-refractivity contribution >= 4 is 11.8 Å². The molecule has 1 aromatic heterocycles. The van der Waals surface area contributed by atoms with Gasteiger partial charge >= 0.3 is 0 Å². The van der Waals surface area contributed by atoms with Gasteiger partial charge in [-0.1, -0.05) is 0 Å². The van der Waals surface area contributed by atoms with Gasteiger partial charge in [-0.15, -0.1) is 0 Å². The number of nitrogens with zero attached hydrogens (tertiary/aromatic N) is 2. The Hall–Kier alpha value is -2.22. The molecule has 0 aromatic carbocycles. The van der Waals surface area contributed by atoms with Crippen LogP contribution < -0.4 is 10.9 Å². The van der Waals surface area contributed by atoms with Crippen molar-refractivity contribution in [1.29, 1.82) is 0 Å². The van der Waals surface area contributed by atoms with Gasteiger partial charge in [-0.25, -0.2) is 4.98 Å². The van der Waals surface area contributed by atoms with Crippen molar-refractivity contribution in [2.45, 2.75) is 19.8 Å². The summed E-state index contributed by atoms with van der Waals surface area (Å²) in [7, 11) is 0. The summed E-state index contributed by atoms with van der Waals surface area (Å²) in [4.78, 5) is 44.2. The van der Waals surface area contributed by atoms with E-state index in [4.69, 9.17) is 4.74 Å². The number of H-pyrrole nitrogens is 1. The lowest BCUT2D eigenvalue weighted by atomic mass is 10.1. The number of nitrogens with one attached hydrogen (secondary N) is 2. The average molecular weight is 334 g/mol. The van der Waals surface area contributed by atoms with Crippen molar-refractivity contribution < 1.29 is 14.3 Å². The summed E-state index contributed by atoms with van der Waals surface area (Å²) in [6.07, 6.45) is 1.66. The highest BCUT2D eigenvalue weighted by atomic mass is 16.5. The molecule has 0 spiro atoms. The number of aryl methyl sites for hydroxylation is 1. The number of hydrogen-bond acceptors (Lipinski definition) is 5. The third kappa shape index (κ3) is 3.81. The topological polar surface area (TPSA) is 104 Å². The Morgan fingerprint density at radius 3 is 3.00 bits per heavy atom. The van der Waals surface area contributed by atoms with Gasteiger partial charge < -0.3 is 19.9 Å². The SMILES string of the molecule is Cc1nc(C(=O)NC[C@H]2CCN(C(=O)[C@@H]3CCOC3)C2)cc(=O)[nH]1. The third-order valence-corrected chi connectivity index (χ3v) is 4.52. The minimum absolute atomic E-state index is 0.0124. The van der Waals surface area contributed by atoms with Gasteiger partial charge in [0.15, 0.2) is 0 Å². The Morgan fingerprint density at radius 1 is 1.46 bits per heavy atom. The molecule has 2 N–H and O–H groups in total. The van der Waals surface area contributed by atoms with Crippen LogP contribution in [0.1, 0.15) is 29.2 Å². The smallest absolute Gasteiger partial charge is 0.270 e. The third-order valence-electron chi connectivity index (χ3n) is 4.52. The number of rotatable bonds is 4. The second-order valence-corrected chi connectivity index (χ2v) is 6.43. The summed E-state index contributed by atoms with van der Waals surface area (Å²) in [5.41, 5.74) is -0.227. The lowest BCUT2D eigenvalue weighted by Crippen LogP contribution is -2.36. The highest BCUT2D eigenvalue weighted by molar-refractivity contribution is 5.92. The van der Waals surface area contributed by atoms with E-state index >= 15 is 0 Å². The maximum atomic E-state index is 12.3. The monoisotopic (exact) mass is 334 g/mol. The molecule has 2 fully saturated rings. The first-order valence-corrected chi connectivity index (χ1v) is 8.25. The van der Waals surface area contributed by atoms with Crippen LogP contribution in [0.5, 0.6) is 0 Å². The molecule has 8 heteroatoms. The molecule has 130 valence electrons. The summed E-state index contributed by atoms with van der Waals surface area (Å²) in [5, 5.41) is 2.81. The predicted octanol–water partition coefficient (Wildman–Crippen LogP) is -0.307. The van der Waals surface area contributed by atoms with E-state index in [2.05, 4.69) is 15.3 Å². The fourth-order valence-corrected chi connectivity index (χ4v) is 3.21. The van der Waals surface area contributed by atoms with E-state index in [-0.39, 0.29) is 34.9 Å². The highest BCUT2D eigenvalue weighted by Crippen LogP contribution is 2.21. The van der Waals surface area contributed by atoms with E-state index in [9.17, 15) is 14.4 Å². The number of likely N-dealkylation sites (tertiary alicyclic amines) is 1. The Balaban J connectivity index is 1.49. The molecular formula is C16H22N4O4. The van der Waals surface area contributed by atoms with Crippen molar-refractivity contribution in [1.82, 2.24) is 20.2 Å². The van der Waals surface area contributed by atoms with Crippen LogP contribution in [0.15, 0.2) is 10.9 Å². The van der Waals surface area contributed by atoms with Gasteiger partial charge in [0.2, 0.25) is 5.91 Å². The molecule has 2 amide bonds. The zero-order chi connectivity index (χ0) is 17.1. The quantitative estimate of drug-likeness (QED) is 0.786. The first-order valence-electron chi connectivity index (χ1n) is 8.25. The van der Waals surface area contributed by atoms with E-state index in [0.29, 0.717) is 32.1 Å². The van der Waals surface area contributed by atoms with E-state index in [0.717, 1.165) is 19.4 Å². The van der Waals surface area contributed by atoms with Crippen LogP contribution in [0.25, 0.3) is 0 Å². The molecule has 3 heterocycles. The summed E-state index contributed by atoms with van der Waals surface area (Å²) in [5.74, 6) is 0.417. The van der Waals surface area contributed by atoms with E-state index in [1.54, 1.807) is 6.92 Å². The first kappa shape index (κ1) is 16.6. The van der Waals surface area contributed by atoms with Gasteiger partial charge in [0, 0.05) is 32.3 Å². The van der Waals surface area contributed by atoms with Gasteiger partial charge in [0.25, 0.3) is 11.5 Å². The van der Waals surface area contributed by atoms with Crippen LogP contribution in [0.3, 0.4) is 0 Å².